The van der Waals surface area contributed by atoms with Crippen LogP contribution in [0.15, 0.2) is 0 Å². The lowest BCUT2D eigenvalue weighted by atomic mass is 9.85. The van der Waals surface area contributed by atoms with Crippen molar-refractivity contribution in [3.63, 3.8) is 0 Å². The van der Waals surface area contributed by atoms with Gasteiger partial charge in [0.1, 0.15) is 5.41 Å². The summed E-state index contributed by atoms with van der Waals surface area (Å²) in [6, 6.07) is 0. The number of nitrogens with zero attached hydrogens (tertiary/aromatic N) is 1. The zero-order chi connectivity index (χ0) is 14.9. The third-order valence-electron chi connectivity index (χ3n) is 5.38. The van der Waals surface area contributed by atoms with Gasteiger partial charge in [0.05, 0.1) is 12.7 Å². The first-order chi connectivity index (χ1) is 10.1. The van der Waals surface area contributed by atoms with E-state index in [1.165, 1.54) is 32.1 Å². The highest BCUT2D eigenvalue weighted by molar-refractivity contribution is 6.07. The van der Waals surface area contributed by atoms with E-state index in [2.05, 4.69) is 0 Å². The first-order valence-corrected chi connectivity index (χ1v) is 8.33. The van der Waals surface area contributed by atoms with E-state index in [1.54, 1.807) is 0 Å². The normalized spacial score (nSPS) is 29.1. The van der Waals surface area contributed by atoms with Gasteiger partial charge in [-0.15, -0.1) is 0 Å². The molecule has 0 spiro atoms. The summed E-state index contributed by atoms with van der Waals surface area (Å²) in [6.07, 6.45) is 9.00. The van der Waals surface area contributed by atoms with Crippen molar-refractivity contribution in [2.75, 3.05) is 19.7 Å². The number of hydrogen-bond donors (Lipinski definition) is 1. The van der Waals surface area contributed by atoms with E-state index in [-0.39, 0.29) is 12.0 Å². The van der Waals surface area contributed by atoms with Crippen molar-refractivity contribution in [1.82, 2.24) is 4.90 Å². The molecule has 1 heterocycles. The molecule has 1 aliphatic heterocycles. The predicted molar refractivity (Wildman–Crippen MR) is 78.4 cm³/mol. The number of primary amides is 1. The second-order valence-corrected chi connectivity index (χ2v) is 6.93. The Morgan fingerprint density at radius 2 is 1.90 bits per heavy atom. The van der Waals surface area contributed by atoms with E-state index in [4.69, 9.17) is 10.5 Å². The molecule has 0 bridgehead atoms. The number of carbonyl (C=O) groups is 2. The van der Waals surface area contributed by atoms with Crippen LogP contribution in [0.3, 0.4) is 0 Å². The van der Waals surface area contributed by atoms with Crippen molar-refractivity contribution in [3.05, 3.63) is 0 Å². The maximum Gasteiger partial charge on any atom is 0.238 e. The van der Waals surface area contributed by atoms with Crippen LogP contribution in [0, 0.1) is 11.3 Å². The zero-order valence-corrected chi connectivity index (χ0v) is 12.7. The van der Waals surface area contributed by atoms with Crippen LogP contribution in [0.25, 0.3) is 0 Å². The third-order valence-corrected chi connectivity index (χ3v) is 5.38. The van der Waals surface area contributed by atoms with E-state index in [0.717, 1.165) is 12.3 Å². The minimum Gasteiger partial charge on any atom is -0.375 e. The molecule has 3 aliphatic rings. The van der Waals surface area contributed by atoms with Gasteiger partial charge in [-0.05, 0) is 25.2 Å². The molecule has 118 valence electrons. The Bertz CT molecular complexity index is 414. The highest BCUT2D eigenvalue weighted by atomic mass is 16.5. The Balaban J connectivity index is 1.55. The molecule has 2 saturated carbocycles. The van der Waals surface area contributed by atoms with Crippen molar-refractivity contribution in [2.24, 2.45) is 17.1 Å². The quantitative estimate of drug-likeness (QED) is 0.798. The van der Waals surface area contributed by atoms with Crippen LogP contribution in [-0.4, -0.2) is 42.5 Å². The zero-order valence-electron chi connectivity index (χ0n) is 12.7. The molecule has 21 heavy (non-hydrogen) atoms. The second kappa shape index (κ2) is 5.95. The van der Waals surface area contributed by atoms with E-state index in [1.807, 2.05) is 4.90 Å². The number of carbonyl (C=O) groups excluding carboxylic acids is 2. The number of amides is 2. The monoisotopic (exact) mass is 294 g/mol. The van der Waals surface area contributed by atoms with Crippen molar-refractivity contribution >= 4 is 11.8 Å². The summed E-state index contributed by atoms with van der Waals surface area (Å²) in [5.41, 5.74) is 4.52. The number of ether oxygens (including phenoxy) is 1. The molecule has 3 rings (SSSR count). The van der Waals surface area contributed by atoms with Gasteiger partial charge in [-0.3, -0.25) is 9.59 Å². The third kappa shape index (κ3) is 3.07. The van der Waals surface area contributed by atoms with Gasteiger partial charge in [0.25, 0.3) is 0 Å². The van der Waals surface area contributed by atoms with Crippen LogP contribution in [0.1, 0.15) is 51.4 Å². The highest BCUT2D eigenvalue weighted by Crippen LogP contribution is 2.47. The molecule has 0 radical (unpaired) electrons. The summed E-state index contributed by atoms with van der Waals surface area (Å²) in [4.78, 5) is 25.9. The topological polar surface area (TPSA) is 72.6 Å². The first kappa shape index (κ1) is 14.8. The summed E-state index contributed by atoms with van der Waals surface area (Å²) < 4.78 is 5.84. The largest absolute Gasteiger partial charge is 0.375 e. The van der Waals surface area contributed by atoms with Crippen molar-refractivity contribution < 1.29 is 14.3 Å². The van der Waals surface area contributed by atoms with Crippen LogP contribution >= 0.6 is 0 Å². The van der Waals surface area contributed by atoms with Crippen molar-refractivity contribution in [2.45, 2.75) is 57.5 Å². The van der Waals surface area contributed by atoms with Gasteiger partial charge in [-0.1, -0.05) is 32.1 Å². The molecule has 3 fully saturated rings. The standard InChI is InChI=1S/C16H26N2O3/c17-14(19)16(6-7-16)15(20)18-8-9-21-13(11-18)10-12-4-2-1-3-5-12/h12-13H,1-11H2,(H2,17,19). The molecule has 0 aromatic heterocycles. The molecule has 2 N–H and O–H groups in total. The van der Waals surface area contributed by atoms with Crippen molar-refractivity contribution in [3.8, 4) is 0 Å². The maximum atomic E-state index is 12.5. The van der Waals surface area contributed by atoms with Crippen LogP contribution in [0.2, 0.25) is 0 Å². The van der Waals surface area contributed by atoms with Gasteiger partial charge in [-0.2, -0.15) is 0 Å². The molecular formula is C16H26N2O3. The number of rotatable bonds is 4. The summed E-state index contributed by atoms with van der Waals surface area (Å²) in [7, 11) is 0. The van der Waals surface area contributed by atoms with Gasteiger partial charge in [-0.25, -0.2) is 0 Å². The average molecular weight is 294 g/mol. The minimum absolute atomic E-state index is 0.0630. The fourth-order valence-corrected chi connectivity index (χ4v) is 3.83. The molecule has 1 unspecified atom stereocenters. The Hall–Kier alpha value is -1.10. The Morgan fingerprint density at radius 3 is 2.52 bits per heavy atom. The van der Waals surface area contributed by atoms with Crippen LogP contribution < -0.4 is 5.73 Å². The maximum absolute atomic E-state index is 12.5. The lowest BCUT2D eigenvalue weighted by Crippen LogP contribution is -2.51. The molecule has 0 aromatic carbocycles. The lowest BCUT2D eigenvalue weighted by molar-refractivity contribution is -0.149. The molecule has 1 saturated heterocycles. The van der Waals surface area contributed by atoms with Crippen LogP contribution in [0.4, 0.5) is 0 Å². The summed E-state index contributed by atoms with van der Waals surface area (Å²) >= 11 is 0. The first-order valence-electron chi connectivity index (χ1n) is 8.33. The number of nitrogens with two attached hydrogens (primary N) is 1. The van der Waals surface area contributed by atoms with Crippen molar-refractivity contribution in [1.29, 1.82) is 0 Å². The average Bonchev–Trinajstić information content (AvgIpc) is 3.29. The SMILES string of the molecule is NC(=O)C1(C(=O)N2CCOC(CC3CCCCC3)C2)CC1. The fraction of sp³-hybridized carbons (Fsp3) is 0.875. The molecular weight excluding hydrogens is 268 g/mol. The minimum atomic E-state index is -0.882. The van der Waals surface area contributed by atoms with Gasteiger partial charge >= 0.3 is 0 Å². The lowest BCUT2D eigenvalue weighted by Gasteiger charge is -2.36. The molecule has 2 amide bonds. The van der Waals surface area contributed by atoms with E-state index in [9.17, 15) is 9.59 Å². The van der Waals surface area contributed by atoms with E-state index >= 15 is 0 Å². The van der Waals surface area contributed by atoms with Crippen LogP contribution in [-0.2, 0) is 14.3 Å². The van der Waals surface area contributed by atoms with Gasteiger partial charge < -0.3 is 15.4 Å². The Labute approximate surface area is 126 Å². The molecule has 1 atom stereocenters. The number of hydrogen-bond acceptors (Lipinski definition) is 3. The number of morpholine rings is 1. The second-order valence-electron chi connectivity index (χ2n) is 6.93. The molecule has 5 heteroatoms. The fourth-order valence-electron chi connectivity index (χ4n) is 3.83. The molecule has 0 aromatic rings. The smallest absolute Gasteiger partial charge is 0.238 e. The van der Waals surface area contributed by atoms with Gasteiger partial charge in [0.2, 0.25) is 11.8 Å². The van der Waals surface area contributed by atoms with E-state index in [0.29, 0.717) is 32.5 Å². The predicted octanol–water partition coefficient (Wildman–Crippen LogP) is 1.45. The van der Waals surface area contributed by atoms with E-state index < -0.39 is 11.3 Å². The molecule has 2 aliphatic carbocycles. The van der Waals surface area contributed by atoms with Gasteiger partial charge in [0, 0.05) is 13.1 Å². The molecule has 5 nitrogen and oxygen atoms in total. The summed E-state index contributed by atoms with van der Waals surface area (Å²) in [5, 5.41) is 0. The Kier molecular flexibility index (Phi) is 4.20. The highest BCUT2D eigenvalue weighted by Gasteiger charge is 2.57. The summed E-state index contributed by atoms with van der Waals surface area (Å²) in [5.74, 6) is 0.222. The van der Waals surface area contributed by atoms with Crippen LogP contribution in [0.5, 0.6) is 0 Å². The Morgan fingerprint density at radius 1 is 1.19 bits per heavy atom. The van der Waals surface area contributed by atoms with Gasteiger partial charge in [0.15, 0.2) is 0 Å². The summed E-state index contributed by atoms with van der Waals surface area (Å²) in [6.45, 7) is 1.80.